The van der Waals surface area contributed by atoms with E-state index in [2.05, 4.69) is 21.0 Å². The van der Waals surface area contributed by atoms with E-state index in [1.54, 1.807) is 0 Å². The number of halogens is 4. The summed E-state index contributed by atoms with van der Waals surface area (Å²) in [6, 6.07) is 1.51. The lowest BCUT2D eigenvalue weighted by molar-refractivity contribution is 0.445. The van der Waals surface area contributed by atoms with Crippen LogP contribution in [0.25, 0.3) is 5.69 Å². The van der Waals surface area contributed by atoms with Gasteiger partial charge >= 0.3 is 0 Å². The second-order valence-corrected chi connectivity index (χ2v) is 5.15. The van der Waals surface area contributed by atoms with Crippen LogP contribution in [0.4, 0.5) is 13.2 Å². The molecule has 0 fully saturated rings. The first-order chi connectivity index (χ1) is 8.82. The Hall–Kier alpha value is -1.50. The minimum absolute atomic E-state index is 0.0125. The smallest absolute Gasteiger partial charge is 0.285 e. The minimum atomic E-state index is -1.56. The molecule has 0 radical (unpaired) electrons. The summed E-state index contributed by atoms with van der Waals surface area (Å²) < 4.78 is 40.5. The van der Waals surface area contributed by atoms with Gasteiger partial charge in [-0.1, -0.05) is 13.8 Å². The maximum Gasteiger partial charge on any atom is 0.285 e. The highest BCUT2D eigenvalue weighted by atomic mass is 79.9. The summed E-state index contributed by atoms with van der Waals surface area (Å²) in [6.07, 6.45) is 0. The standard InChI is InChI=1S/C12H10BrF3N2O/c1-5(2)11-9(13)12(19)18(17-11)6-3-7(14)10(16)8(15)4-6/h3-5,17H,1-2H3. The number of rotatable bonds is 2. The van der Waals surface area contributed by atoms with E-state index in [4.69, 9.17) is 0 Å². The molecule has 3 nitrogen and oxygen atoms in total. The highest BCUT2D eigenvalue weighted by Gasteiger charge is 2.18. The molecule has 1 N–H and O–H groups in total. The molecule has 0 atom stereocenters. The molecule has 7 heteroatoms. The number of nitrogens with one attached hydrogen (secondary N) is 1. The molecule has 1 heterocycles. The molecule has 0 bridgehead atoms. The molecule has 2 aromatic rings. The summed E-state index contributed by atoms with van der Waals surface area (Å²) in [5, 5.41) is 2.74. The fraction of sp³-hybridized carbons (Fsp3) is 0.250. The number of hydrogen-bond acceptors (Lipinski definition) is 1. The van der Waals surface area contributed by atoms with E-state index in [0.717, 1.165) is 16.8 Å². The number of benzene rings is 1. The van der Waals surface area contributed by atoms with Gasteiger partial charge in [-0.15, -0.1) is 0 Å². The van der Waals surface area contributed by atoms with Gasteiger partial charge in [0.1, 0.15) is 4.47 Å². The molecule has 0 unspecified atom stereocenters. The van der Waals surface area contributed by atoms with E-state index in [1.165, 1.54) is 0 Å². The minimum Gasteiger partial charge on any atom is -0.294 e. The summed E-state index contributed by atoms with van der Waals surface area (Å²) in [6.45, 7) is 3.71. The zero-order valence-electron chi connectivity index (χ0n) is 10.1. The summed E-state index contributed by atoms with van der Waals surface area (Å²) in [7, 11) is 0. The number of H-pyrrole nitrogens is 1. The average Bonchev–Trinajstić information content (AvgIpc) is 2.63. The summed E-state index contributed by atoms with van der Waals surface area (Å²) in [5.74, 6) is -4.25. The topological polar surface area (TPSA) is 37.8 Å². The van der Waals surface area contributed by atoms with Crippen molar-refractivity contribution in [2.45, 2.75) is 19.8 Å². The maximum absolute atomic E-state index is 13.2. The van der Waals surface area contributed by atoms with Crippen LogP contribution in [0.5, 0.6) is 0 Å². The van der Waals surface area contributed by atoms with Crippen LogP contribution >= 0.6 is 15.9 Å². The molecule has 2 rings (SSSR count). The van der Waals surface area contributed by atoms with Crippen molar-refractivity contribution in [2.24, 2.45) is 0 Å². The normalized spacial score (nSPS) is 11.3. The molecule has 1 aromatic carbocycles. The molecule has 0 aliphatic heterocycles. The SMILES string of the molecule is CC(C)c1[nH]n(-c2cc(F)c(F)c(F)c2)c(=O)c1Br. The Kier molecular flexibility index (Phi) is 3.58. The van der Waals surface area contributed by atoms with Crippen molar-refractivity contribution >= 4 is 15.9 Å². The van der Waals surface area contributed by atoms with Crippen molar-refractivity contribution in [3.05, 3.63) is 50.1 Å². The van der Waals surface area contributed by atoms with Crippen molar-refractivity contribution in [3.63, 3.8) is 0 Å². The highest BCUT2D eigenvalue weighted by Crippen LogP contribution is 2.22. The van der Waals surface area contributed by atoms with E-state index in [1.807, 2.05) is 13.8 Å². The Labute approximate surface area is 115 Å². The molecule has 102 valence electrons. The first-order valence-electron chi connectivity index (χ1n) is 5.48. The zero-order valence-corrected chi connectivity index (χ0v) is 11.7. The lowest BCUT2D eigenvalue weighted by Crippen LogP contribution is -2.15. The molecule has 0 aliphatic rings. The van der Waals surface area contributed by atoms with Gasteiger partial charge in [0.05, 0.1) is 11.4 Å². The summed E-state index contributed by atoms with van der Waals surface area (Å²) >= 11 is 3.12. The molecular formula is C12H10BrF3N2O. The molecule has 0 aliphatic carbocycles. The van der Waals surface area contributed by atoms with Crippen LogP contribution in [-0.4, -0.2) is 9.78 Å². The van der Waals surface area contributed by atoms with Gasteiger partial charge in [0.15, 0.2) is 17.5 Å². The van der Waals surface area contributed by atoms with Crippen LogP contribution < -0.4 is 5.56 Å². The van der Waals surface area contributed by atoms with Crippen LogP contribution in [0.2, 0.25) is 0 Å². The first-order valence-corrected chi connectivity index (χ1v) is 6.27. The van der Waals surface area contributed by atoms with Crippen molar-refractivity contribution in [1.82, 2.24) is 9.78 Å². The molecular weight excluding hydrogens is 325 g/mol. The van der Waals surface area contributed by atoms with Gasteiger partial charge in [0.2, 0.25) is 0 Å². The Bertz CT molecular complexity index is 668. The second kappa shape index (κ2) is 4.88. The maximum atomic E-state index is 13.2. The molecule has 1 aromatic heterocycles. The fourth-order valence-electron chi connectivity index (χ4n) is 1.67. The van der Waals surface area contributed by atoms with Crippen molar-refractivity contribution in [1.29, 1.82) is 0 Å². The fourth-order valence-corrected chi connectivity index (χ4v) is 2.39. The largest absolute Gasteiger partial charge is 0.294 e. The molecule has 19 heavy (non-hydrogen) atoms. The Balaban J connectivity index is 2.67. The lowest BCUT2D eigenvalue weighted by atomic mass is 10.1. The van der Waals surface area contributed by atoms with Crippen LogP contribution in [-0.2, 0) is 0 Å². The number of nitrogens with zero attached hydrogens (tertiary/aromatic N) is 1. The van der Waals surface area contributed by atoms with Gasteiger partial charge in [-0.05, 0) is 21.8 Å². The Morgan fingerprint density at radius 3 is 2.16 bits per heavy atom. The van der Waals surface area contributed by atoms with Gasteiger partial charge in [0, 0.05) is 12.1 Å². The van der Waals surface area contributed by atoms with Gasteiger partial charge < -0.3 is 0 Å². The predicted octanol–water partition coefficient (Wildman–Crippen LogP) is 3.47. The lowest BCUT2D eigenvalue weighted by Gasteiger charge is -2.05. The third-order valence-corrected chi connectivity index (χ3v) is 3.43. The van der Waals surface area contributed by atoms with Crippen LogP contribution in [0.3, 0.4) is 0 Å². The van der Waals surface area contributed by atoms with Gasteiger partial charge in [0.25, 0.3) is 5.56 Å². The first kappa shape index (κ1) is 13.9. The molecule has 0 amide bonds. The van der Waals surface area contributed by atoms with Gasteiger partial charge in [-0.25, -0.2) is 17.9 Å². The Morgan fingerprint density at radius 2 is 1.74 bits per heavy atom. The van der Waals surface area contributed by atoms with Crippen LogP contribution in [0.15, 0.2) is 21.4 Å². The van der Waals surface area contributed by atoms with Gasteiger partial charge in [-0.2, -0.15) is 0 Å². The zero-order chi connectivity index (χ0) is 14.3. The van der Waals surface area contributed by atoms with Crippen LogP contribution in [0, 0.1) is 17.5 Å². The van der Waals surface area contributed by atoms with Crippen LogP contribution in [0.1, 0.15) is 25.5 Å². The highest BCUT2D eigenvalue weighted by molar-refractivity contribution is 9.10. The summed E-state index contributed by atoms with van der Waals surface area (Å²) in [4.78, 5) is 11.9. The van der Waals surface area contributed by atoms with E-state index < -0.39 is 23.0 Å². The van der Waals surface area contributed by atoms with E-state index in [-0.39, 0.29) is 16.1 Å². The van der Waals surface area contributed by atoms with Crippen molar-refractivity contribution in [3.8, 4) is 5.69 Å². The monoisotopic (exact) mass is 334 g/mol. The third-order valence-electron chi connectivity index (χ3n) is 2.66. The van der Waals surface area contributed by atoms with E-state index in [9.17, 15) is 18.0 Å². The quantitative estimate of drug-likeness (QED) is 0.839. The molecule has 0 spiro atoms. The van der Waals surface area contributed by atoms with Gasteiger partial charge in [-0.3, -0.25) is 9.89 Å². The molecule has 0 saturated carbocycles. The number of aromatic amines is 1. The van der Waals surface area contributed by atoms with E-state index >= 15 is 0 Å². The average molecular weight is 335 g/mol. The second-order valence-electron chi connectivity index (χ2n) is 4.36. The summed E-state index contributed by atoms with van der Waals surface area (Å²) in [5.41, 5.74) is -0.00162. The van der Waals surface area contributed by atoms with Crippen molar-refractivity contribution in [2.75, 3.05) is 0 Å². The molecule has 0 saturated heterocycles. The van der Waals surface area contributed by atoms with Crippen molar-refractivity contribution < 1.29 is 13.2 Å². The third kappa shape index (κ3) is 2.34. The number of hydrogen-bond donors (Lipinski definition) is 1. The Morgan fingerprint density at radius 1 is 1.21 bits per heavy atom. The van der Waals surface area contributed by atoms with E-state index in [0.29, 0.717) is 5.69 Å². The predicted molar refractivity (Wildman–Crippen MR) is 68.1 cm³/mol. The number of aromatic nitrogens is 2.